The largest absolute Gasteiger partial charge is 0.508 e. The monoisotopic (exact) mass is 433 g/mol. The summed E-state index contributed by atoms with van der Waals surface area (Å²) < 4.78 is 0. The van der Waals surface area contributed by atoms with Crippen LogP contribution in [0.3, 0.4) is 0 Å². The van der Waals surface area contributed by atoms with Crippen LogP contribution in [0.1, 0.15) is 28.3 Å². The Morgan fingerprint density at radius 1 is 0.935 bits per heavy atom. The van der Waals surface area contributed by atoms with Crippen LogP contribution in [-0.4, -0.2) is 21.9 Å². The summed E-state index contributed by atoms with van der Waals surface area (Å²) >= 11 is 6.00. The number of nitrogens with zero attached hydrogens (tertiary/aromatic N) is 1. The lowest BCUT2D eigenvalue weighted by Crippen LogP contribution is -2.29. The molecule has 1 fully saturated rings. The number of carbonyl (C=O) groups is 2. The standard InChI is InChI=1S/C25H20ClNO4/c1-14-3-4-15(2)20(13-14)23(29)21-22(16-5-11-19(28)12-6-16)27(25(31)24(21)30)18-9-7-17(26)8-10-18/h3-13,22,28-29H,1-2H3/b23-21+. The summed E-state index contributed by atoms with van der Waals surface area (Å²) in [4.78, 5) is 27.6. The molecule has 0 bridgehead atoms. The second-order valence-corrected chi connectivity index (χ2v) is 7.99. The Morgan fingerprint density at radius 3 is 2.23 bits per heavy atom. The fraction of sp³-hybridized carbons (Fsp3) is 0.120. The number of halogens is 1. The van der Waals surface area contributed by atoms with E-state index in [2.05, 4.69) is 0 Å². The van der Waals surface area contributed by atoms with Gasteiger partial charge in [-0.05, 0) is 67.4 Å². The van der Waals surface area contributed by atoms with Crippen molar-refractivity contribution in [2.75, 3.05) is 4.90 Å². The topological polar surface area (TPSA) is 77.8 Å². The van der Waals surface area contributed by atoms with E-state index in [1.54, 1.807) is 42.5 Å². The van der Waals surface area contributed by atoms with Gasteiger partial charge in [-0.3, -0.25) is 14.5 Å². The number of aliphatic hydroxyl groups excluding tert-OH is 1. The second kappa shape index (κ2) is 7.93. The number of hydrogen-bond acceptors (Lipinski definition) is 4. The highest BCUT2D eigenvalue weighted by Gasteiger charge is 2.47. The van der Waals surface area contributed by atoms with E-state index in [1.165, 1.54) is 17.0 Å². The zero-order valence-electron chi connectivity index (χ0n) is 17.0. The van der Waals surface area contributed by atoms with Gasteiger partial charge >= 0.3 is 0 Å². The van der Waals surface area contributed by atoms with Crippen molar-refractivity contribution < 1.29 is 19.8 Å². The molecule has 3 aromatic rings. The van der Waals surface area contributed by atoms with Crippen LogP contribution >= 0.6 is 11.6 Å². The first-order chi connectivity index (χ1) is 14.8. The third kappa shape index (κ3) is 3.68. The van der Waals surface area contributed by atoms with Crippen molar-refractivity contribution in [3.63, 3.8) is 0 Å². The van der Waals surface area contributed by atoms with Gasteiger partial charge in [-0.2, -0.15) is 0 Å². The Kier molecular flexibility index (Phi) is 5.29. The van der Waals surface area contributed by atoms with Crippen molar-refractivity contribution in [1.82, 2.24) is 0 Å². The van der Waals surface area contributed by atoms with Gasteiger partial charge in [-0.25, -0.2) is 0 Å². The second-order valence-electron chi connectivity index (χ2n) is 7.56. The normalized spacial score (nSPS) is 17.9. The molecule has 1 aliphatic heterocycles. The number of phenols is 1. The molecule has 1 aliphatic rings. The van der Waals surface area contributed by atoms with E-state index < -0.39 is 17.7 Å². The van der Waals surface area contributed by atoms with Crippen LogP contribution in [0, 0.1) is 13.8 Å². The lowest BCUT2D eigenvalue weighted by atomic mass is 9.93. The lowest BCUT2D eigenvalue weighted by Gasteiger charge is -2.25. The van der Waals surface area contributed by atoms with Crippen LogP contribution in [0.15, 0.2) is 72.3 Å². The number of phenolic OH excluding ortho intramolecular Hbond substituents is 1. The first-order valence-corrected chi connectivity index (χ1v) is 10.1. The summed E-state index contributed by atoms with van der Waals surface area (Å²) in [6.45, 7) is 3.72. The maximum atomic E-state index is 13.1. The number of rotatable bonds is 3. The van der Waals surface area contributed by atoms with E-state index >= 15 is 0 Å². The highest BCUT2D eigenvalue weighted by molar-refractivity contribution is 6.51. The number of benzene rings is 3. The molecular formula is C25H20ClNO4. The van der Waals surface area contributed by atoms with Crippen molar-refractivity contribution in [3.8, 4) is 5.75 Å². The van der Waals surface area contributed by atoms with Crippen LogP contribution in [0.5, 0.6) is 5.75 Å². The minimum Gasteiger partial charge on any atom is -0.508 e. The molecule has 1 atom stereocenters. The summed E-state index contributed by atoms with van der Waals surface area (Å²) in [5.41, 5.74) is 3.26. The number of ketones is 1. The Bertz CT molecular complexity index is 1210. The van der Waals surface area contributed by atoms with Crippen molar-refractivity contribution in [1.29, 1.82) is 0 Å². The smallest absolute Gasteiger partial charge is 0.300 e. The van der Waals surface area contributed by atoms with Gasteiger partial charge in [0.25, 0.3) is 11.7 Å². The molecule has 6 heteroatoms. The maximum Gasteiger partial charge on any atom is 0.300 e. The zero-order valence-corrected chi connectivity index (χ0v) is 17.7. The highest BCUT2D eigenvalue weighted by Crippen LogP contribution is 2.43. The summed E-state index contributed by atoms with van der Waals surface area (Å²) in [7, 11) is 0. The Hall–Kier alpha value is -3.57. The predicted octanol–water partition coefficient (Wildman–Crippen LogP) is 5.29. The molecule has 156 valence electrons. The number of amides is 1. The number of aliphatic hydroxyl groups is 1. The molecule has 5 nitrogen and oxygen atoms in total. The third-order valence-corrected chi connectivity index (χ3v) is 5.66. The van der Waals surface area contributed by atoms with E-state index in [9.17, 15) is 19.8 Å². The van der Waals surface area contributed by atoms with Crippen LogP contribution in [-0.2, 0) is 9.59 Å². The number of aryl methyl sites for hydroxylation is 2. The number of anilines is 1. The molecule has 1 unspecified atom stereocenters. The molecule has 31 heavy (non-hydrogen) atoms. The van der Waals surface area contributed by atoms with Crippen LogP contribution in [0.4, 0.5) is 5.69 Å². The predicted molar refractivity (Wildman–Crippen MR) is 120 cm³/mol. The van der Waals surface area contributed by atoms with Gasteiger partial charge in [0.15, 0.2) is 0 Å². The molecule has 0 aliphatic carbocycles. The summed E-state index contributed by atoms with van der Waals surface area (Å²) in [6, 6.07) is 17.5. The molecule has 0 radical (unpaired) electrons. The van der Waals surface area contributed by atoms with Gasteiger partial charge in [-0.1, -0.05) is 41.4 Å². The number of aromatic hydroxyl groups is 1. The molecule has 0 aromatic heterocycles. The minimum absolute atomic E-state index is 0.000611. The molecule has 2 N–H and O–H groups in total. The van der Waals surface area contributed by atoms with Gasteiger partial charge in [0.1, 0.15) is 11.5 Å². The van der Waals surface area contributed by atoms with E-state index in [0.29, 0.717) is 21.8 Å². The lowest BCUT2D eigenvalue weighted by molar-refractivity contribution is -0.132. The van der Waals surface area contributed by atoms with E-state index in [4.69, 9.17) is 11.6 Å². The average Bonchev–Trinajstić information content (AvgIpc) is 3.01. The molecule has 3 aromatic carbocycles. The Balaban J connectivity index is 1.97. The molecule has 1 amide bonds. The first-order valence-electron chi connectivity index (χ1n) is 9.71. The Morgan fingerprint density at radius 2 is 1.58 bits per heavy atom. The van der Waals surface area contributed by atoms with Gasteiger partial charge in [-0.15, -0.1) is 0 Å². The highest BCUT2D eigenvalue weighted by atomic mass is 35.5. The number of hydrogen-bond donors (Lipinski definition) is 2. The van der Waals surface area contributed by atoms with Gasteiger partial charge in [0.05, 0.1) is 11.6 Å². The van der Waals surface area contributed by atoms with E-state index in [0.717, 1.165) is 11.1 Å². The Labute approximate surface area is 184 Å². The van der Waals surface area contributed by atoms with Crippen molar-refractivity contribution in [3.05, 3.63) is 99.6 Å². The fourth-order valence-electron chi connectivity index (χ4n) is 3.81. The van der Waals surface area contributed by atoms with Crippen LogP contribution in [0.25, 0.3) is 5.76 Å². The quantitative estimate of drug-likeness (QED) is 0.334. The minimum atomic E-state index is -0.860. The number of Topliss-reactive ketones (excluding diaryl/α,β-unsaturated/α-hetero) is 1. The fourth-order valence-corrected chi connectivity index (χ4v) is 3.93. The summed E-state index contributed by atoms with van der Waals surface area (Å²) in [5, 5.41) is 21.4. The van der Waals surface area contributed by atoms with Crippen LogP contribution in [0.2, 0.25) is 5.02 Å². The zero-order chi connectivity index (χ0) is 22.3. The molecule has 4 rings (SSSR count). The molecule has 1 saturated heterocycles. The molecule has 0 spiro atoms. The first kappa shape index (κ1) is 20.7. The number of carbonyl (C=O) groups excluding carboxylic acids is 2. The SMILES string of the molecule is Cc1ccc(C)c(/C(O)=C2\C(=O)C(=O)N(c3ccc(Cl)cc3)C2c2ccc(O)cc2)c1. The van der Waals surface area contributed by atoms with E-state index in [-0.39, 0.29) is 17.1 Å². The van der Waals surface area contributed by atoms with Gasteiger partial charge in [0.2, 0.25) is 0 Å². The average molecular weight is 434 g/mol. The van der Waals surface area contributed by atoms with Crippen molar-refractivity contribution in [2.45, 2.75) is 19.9 Å². The third-order valence-electron chi connectivity index (χ3n) is 5.41. The molecule has 0 saturated carbocycles. The van der Waals surface area contributed by atoms with Crippen molar-refractivity contribution >= 4 is 34.7 Å². The summed E-state index contributed by atoms with van der Waals surface area (Å²) in [6.07, 6.45) is 0. The van der Waals surface area contributed by atoms with Gasteiger partial charge in [0, 0.05) is 16.3 Å². The molecule has 1 heterocycles. The maximum absolute atomic E-state index is 13.1. The van der Waals surface area contributed by atoms with Gasteiger partial charge < -0.3 is 10.2 Å². The van der Waals surface area contributed by atoms with Crippen molar-refractivity contribution in [2.24, 2.45) is 0 Å². The molecular weight excluding hydrogens is 414 g/mol. The van der Waals surface area contributed by atoms with Crippen LogP contribution < -0.4 is 4.90 Å². The summed E-state index contributed by atoms with van der Waals surface area (Å²) in [5.74, 6) is -1.69. The van der Waals surface area contributed by atoms with E-state index in [1.807, 2.05) is 26.0 Å².